The lowest BCUT2D eigenvalue weighted by atomic mass is 9.98. The minimum atomic E-state index is -1.01. The Bertz CT molecular complexity index is 1000. The highest BCUT2D eigenvalue weighted by atomic mass is 16.5. The monoisotopic (exact) mass is 421 g/mol. The Labute approximate surface area is 181 Å². The van der Waals surface area contributed by atoms with Crippen molar-refractivity contribution in [3.05, 3.63) is 53.8 Å². The number of amides is 1. The van der Waals surface area contributed by atoms with E-state index in [-0.39, 0.29) is 11.7 Å². The van der Waals surface area contributed by atoms with Gasteiger partial charge in [-0.15, -0.1) is 6.58 Å². The van der Waals surface area contributed by atoms with Gasteiger partial charge in [0.1, 0.15) is 24.2 Å². The number of anilines is 1. The first-order valence-corrected chi connectivity index (χ1v) is 10.0. The number of nitrogens with zero attached hydrogens (tertiary/aromatic N) is 3. The molecule has 3 N–H and O–H groups in total. The third-order valence-electron chi connectivity index (χ3n) is 5.02. The Hall–Kier alpha value is -3.68. The SMILES string of the molecule is C=CCN1CCOc2ccc(/C=C3\C/C(=C/C(=O)C(C)(C)N=CN=CN)NC3=O)cc21. The van der Waals surface area contributed by atoms with E-state index >= 15 is 0 Å². The Morgan fingerprint density at radius 1 is 1.42 bits per heavy atom. The first-order chi connectivity index (χ1) is 14.8. The molecule has 0 aliphatic carbocycles. The van der Waals surface area contributed by atoms with E-state index in [0.29, 0.717) is 24.3 Å². The number of carbonyl (C=O) groups is 2. The van der Waals surface area contributed by atoms with Crippen molar-refractivity contribution in [1.82, 2.24) is 5.32 Å². The second-order valence-electron chi connectivity index (χ2n) is 7.75. The maximum Gasteiger partial charge on any atom is 0.251 e. The zero-order valence-corrected chi connectivity index (χ0v) is 17.8. The number of hydrogen-bond acceptors (Lipinski definition) is 5. The molecule has 31 heavy (non-hydrogen) atoms. The van der Waals surface area contributed by atoms with Crippen LogP contribution in [-0.2, 0) is 9.59 Å². The normalized spacial score (nSPS) is 19.2. The van der Waals surface area contributed by atoms with Gasteiger partial charge in [-0.05, 0) is 37.6 Å². The van der Waals surface area contributed by atoms with Gasteiger partial charge in [-0.25, -0.2) is 4.99 Å². The zero-order chi connectivity index (χ0) is 22.4. The van der Waals surface area contributed by atoms with Crippen molar-refractivity contribution in [2.45, 2.75) is 25.8 Å². The molecule has 2 aliphatic rings. The summed E-state index contributed by atoms with van der Waals surface area (Å²) in [7, 11) is 0. The summed E-state index contributed by atoms with van der Waals surface area (Å²) < 4.78 is 5.72. The Kier molecular flexibility index (Phi) is 6.69. The van der Waals surface area contributed by atoms with Gasteiger partial charge in [0, 0.05) is 30.3 Å². The minimum absolute atomic E-state index is 0.218. The fourth-order valence-corrected chi connectivity index (χ4v) is 3.30. The van der Waals surface area contributed by atoms with E-state index in [1.54, 1.807) is 13.8 Å². The second kappa shape index (κ2) is 9.42. The van der Waals surface area contributed by atoms with Crippen LogP contribution in [0.5, 0.6) is 5.75 Å². The van der Waals surface area contributed by atoms with Crippen LogP contribution in [0.2, 0.25) is 0 Å². The summed E-state index contributed by atoms with van der Waals surface area (Å²) >= 11 is 0. The van der Waals surface area contributed by atoms with Gasteiger partial charge >= 0.3 is 0 Å². The summed E-state index contributed by atoms with van der Waals surface area (Å²) in [6.45, 7) is 9.29. The third kappa shape index (κ3) is 5.28. The first-order valence-electron chi connectivity index (χ1n) is 10.0. The highest BCUT2D eigenvalue weighted by Gasteiger charge is 2.28. The van der Waals surface area contributed by atoms with Crippen LogP contribution in [0.25, 0.3) is 6.08 Å². The fraction of sp³-hybridized carbons (Fsp3) is 0.304. The molecule has 1 amide bonds. The topological polar surface area (TPSA) is 109 Å². The van der Waals surface area contributed by atoms with Gasteiger partial charge < -0.3 is 20.7 Å². The Balaban J connectivity index is 1.79. The number of ether oxygens (including phenoxy) is 1. The Morgan fingerprint density at radius 2 is 2.23 bits per heavy atom. The summed E-state index contributed by atoms with van der Waals surface area (Å²) in [5.41, 5.74) is 7.15. The van der Waals surface area contributed by atoms with Crippen LogP contribution < -0.4 is 20.7 Å². The minimum Gasteiger partial charge on any atom is -0.490 e. The van der Waals surface area contributed by atoms with Gasteiger partial charge in [0.15, 0.2) is 5.78 Å². The fourth-order valence-electron chi connectivity index (χ4n) is 3.30. The van der Waals surface area contributed by atoms with Crippen molar-refractivity contribution in [2.24, 2.45) is 15.7 Å². The molecule has 1 saturated heterocycles. The number of rotatable bonds is 7. The molecule has 0 radical (unpaired) electrons. The molecule has 2 heterocycles. The molecular weight excluding hydrogens is 394 g/mol. The van der Waals surface area contributed by atoms with E-state index in [2.05, 4.69) is 26.8 Å². The predicted molar refractivity (Wildman–Crippen MR) is 123 cm³/mol. The van der Waals surface area contributed by atoms with E-state index in [4.69, 9.17) is 10.5 Å². The molecule has 8 nitrogen and oxygen atoms in total. The highest BCUT2D eigenvalue weighted by Crippen LogP contribution is 2.33. The van der Waals surface area contributed by atoms with Crippen LogP contribution in [-0.4, -0.2) is 49.6 Å². The number of nitrogens with one attached hydrogen (secondary N) is 1. The molecule has 1 fully saturated rings. The number of benzene rings is 1. The number of fused-ring (bicyclic) bond motifs is 1. The van der Waals surface area contributed by atoms with E-state index in [9.17, 15) is 9.59 Å². The maximum absolute atomic E-state index is 12.6. The molecule has 1 aromatic rings. The smallest absolute Gasteiger partial charge is 0.251 e. The van der Waals surface area contributed by atoms with Gasteiger partial charge in [-0.2, -0.15) is 0 Å². The van der Waals surface area contributed by atoms with Crippen LogP contribution in [0.4, 0.5) is 5.69 Å². The van der Waals surface area contributed by atoms with Crippen LogP contribution in [0.15, 0.2) is 58.2 Å². The van der Waals surface area contributed by atoms with Crippen LogP contribution in [0.3, 0.4) is 0 Å². The molecule has 3 rings (SSSR count). The summed E-state index contributed by atoms with van der Waals surface area (Å²) in [5.74, 6) is 0.364. The summed E-state index contributed by atoms with van der Waals surface area (Å²) in [6, 6.07) is 5.83. The number of nitrogens with two attached hydrogens (primary N) is 1. The molecule has 0 aromatic heterocycles. The lowest BCUT2D eigenvalue weighted by molar-refractivity contribution is -0.118. The largest absolute Gasteiger partial charge is 0.490 e. The van der Waals surface area contributed by atoms with Gasteiger partial charge in [0.05, 0.1) is 18.6 Å². The van der Waals surface area contributed by atoms with Crippen molar-refractivity contribution in [3.63, 3.8) is 0 Å². The molecule has 8 heteroatoms. The molecular formula is C23H27N5O3. The molecule has 162 valence electrons. The van der Waals surface area contributed by atoms with Crippen molar-refractivity contribution >= 4 is 36.1 Å². The summed E-state index contributed by atoms with van der Waals surface area (Å²) in [4.78, 5) is 35.0. The number of ketones is 1. The van der Waals surface area contributed by atoms with Crippen LogP contribution in [0, 0.1) is 0 Å². The van der Waals surface area contributed by atoms with Gasteiger partial charge in [-0.3, -0.25) is 14.6 Å². The third-order valence-corrected chi connectivity index (χ3v) is 5.02. The average Bonchev–Trinajstić information content (AvgIpc) is 3.07. The second-order valence-corrected chi connectivity index (χ2v) is 7.75. The first kappa shape index (κ1) is 22.0. The molecule has 0 atom stereocenters. The number of aliphatic imine (C=N–C) groups is 2. The number of carbonyl (C=O) groups excluding carboxylic acids is 2. The van der Waals surface area contributed by atoms with E-state index in [1.165, 1.54) is 12.4 Å². The Morgan fingerprint density at radius 3 is 2.97 bits per heavy atom. The quantitative estimate of drug-likeness (QED) is 0.304. The van der Waals surface area contributed by atoms with E-state index in [1.807, 2.05) is 30.4 Å². The highest BCUT2D eigenvalue weighted by molar-refractivity contribution is 6.05. The molecule has 0 saturated carbocycles. The number of hydrogen-bond donors (Lipinski definition) is 2. The zero-order valence-electron chi connectivity index (χ0n) is 17.8. The molecule has 0 bridgehead atoms. The maximum atomic E-state index is 12.6. The summed E-state index contributed by atoms with van der Waals surface area (Å²) in [5, 5.41) is 2.77. The van der Waals surface area contributed by atoms with Crippen LogP contribution in [0.1, 0.15) is 25.8 Å². The van der Waals surface area contributed by atoms with E-state index < -0.39 is 5.54 Å². The van der Waals surface area contributed by atoms with Crippen molar-refractivity contribution in [1.29, 1.82) is 0 Å². The van der Waals surface area contributed by atoms with Gasteiger partial charge in [0.25, 0.3) is 5.91 Å². The van der Waals surface area contributed by atoms with Crippen molar-refractivity contribution in [2.75, 3.05) is 24.6 Å². The standard InChI is InChI=1S/C23H27N5O3/c1-4-7-28-8-9-31-20-6-5-16(11-19(20)28)10-17-12-18(27-22(17)30)13-21(29)23(2,3)26-15-25-14-24/h4-6,10-11,13-15H,1,7-9,12H2,2-3H3,(H,27,30)(H2,24,25,26)/b17-10+,18-13-. The predicted octanol–water partition coefficient (Wildman–Crippen LogP) is 2.22. The van der Waals surface area contributed by atoms with Gasteiger partial charge in [0.2, 0.25) is 0 Å². The lowest BCUT2D eigenvalue weighted by Gasteiger charge is -2.30. The van der Waals surface area contributed by atoms with E-state index in [0.717, 1.165) is 36.4 Å². The van der Waals surface area contributed by atoms with Gasteiger partial charge in [-0.1, -0.05) is 12.1 Å². The summed E-state index contributed by atoms with van der Waals surface area (Å²) in [6.07, 6.45) is 7.79. The molecule has 1 aromatic carbocycles. The number of allylic oxidation sites excluding steroid dienone is 1. The van der Waals surface area contributed by atoms with Crippen molar-refractivity contribution < 1.29 is 14.3 Å². The molecule has 0 unspecified atom stereocenters. The average molecular weight is 422 g/mol. The van der Waals surface area contributed by atoms with Crippen molar-refractivity contribution in [3.8, 4) is 5.75 Å². The lowest BCUT2D eigenvalue weighted by Crippen LogP contribution is -2.32. The van der Waals surface area contributed by atoms with Crippen LogP contribution >= 0.6 is 0 Å². The molecule has 0 spiro atoms. The molecule has 2 aliphatic heterocycles.